The first-order valence-electron chi connectivity index (χ1n) is 5.05. The Morgan fingerprint density at radius 1 is 1.47 bits per heavy atom. The molecule has 94 valence electrons. The molecule has 0 heterocycles. The number of hydrogen-bond acceptors (Lipinski definition) is 3. The summed E-state index contributed by atoms with van der Waals surface area (Å²) in [5, 5.41) is 8.99. The number of hydrogen-bond donors (Lipinski definition) is 2. The lowest BCUT2D eigenvalue weighted by atomic mass is 10.2. The molecule has 0 spiro atoms. The van der Waals surface area contributed by atoms with Crippen LogP contribution >= 0.6 is 11.6 Å². The summed E-state index contributed by atoms with van der Waals surface area (Å²) in [7, 11) is -3.90. The maximum Gasteiger partial charge on any atom is 0.243 e. The third kappa shape index (κ3) is 2.77. The highest BCUT2D eigenvalue weighted by molar-refractivity contribution is 7.89. The summed E-state index contributed by atoms with van der Waals surface area (Å²) in [5.41, 5.74) is -0.131. The van der Waals surface area contributed by atoms with Crippen LogP contribution in [0.4, 0.5) is 4.39 Å². The van der Waals surface area contributed by atoms with Crippen molar-refractivity contribution in [3.63, 3.8) is 0 Å². The topological polar surface area (TPSA) is 66.4 Å². The van der Waals surface area contributed by atoms with Gasteiger partial charge in [0.2, 0.25) is 10.0 Å². The van der Waals surface area contributed by atoms with Crippen molar-refractivity contribution in [2.24, 2.45) is 0 Å². The van der Waals surface area contributed by atoms with E-state index in [1.807, 2.05) is 0 Å². The minimum absolute atomic E-state index is 0.0756. The van der Waals surface area contributed by atoms with Crippen molar-refractivity contribution < 1.29 is 17.9 Å². The average Bonchev–Trinajstić information content (AvgIpc) is 3.03. The fourth-order valence-electron chi connectivity index (χ4n) is 1.41. The second kappa shape index (κ2) is 4.53. The van der Waals surface area contributed by atoms with E-state index >= 15 is 0 Å². The Morgan fingerprint density at radius 3 is 2.65 bits per heavy atom. The Labute approximate surface area is 103 Å². The number of aliphatic hydroxyl groups is 1. The fraction of sp³-hybridized carbons (Fsp3) is 0.400. The van der Waals surface area contributed by atoms with Crippen LogP contribution in [-0.4, -0.2) is 19.6 Å². The third-order valence-corrected chi connectivity index (χ3v) is 4.18. The zero-order valence-electron chi connectivity index (χ0n) is 8.78. The summed E-state index contributed by atoms with van der Waals surface area (Å²) in [6.45, 7) is -0.599. The Morgan fingerprint density at radius 2 is 2.12 bits per heavy atom. The molecule has 1 aromatic rings. The number of aliphatic hydroxyl groups excluding tert-OH is 1. The number of halogens is 2. The Balaban J connectivity index is 2.46. The van der Waals surface area contributed by atoms with Crippen LogP contribution in [0.15, 0.2) is 17.0 Å². The molecule has 0 aromatic heterocycles. The first-order chi connectivity index (χ1) is 7.94. The number of sulfonamides is 1. The van der Waals surface area contributed by atoms with E-state index in [9.17, 15) is 12.8 Å². The van der Waals surface area contributed by atoms with Crippen LogP contribution in [0.1, 0.15) is 18.4 Å². The molecule has 4 nitrogen and oxygen atoms in total. The van der Waals surface area contributed by atoms with Crippen molar-refractivity contribution in [3.05, 3.63) is 28.5 Å². The number of nitrogens with one attached hydrogen (secondary N) is 1. The minimum atomic E-state index is -3.90. The van der Waals surface area contributed by atoms with Crippen molar-refractivity contribution in [1.82, 2.24) is 4.72 Å². The molecule has 0 unspecified atom stereocenters. The summed E-state index contributed by atoms with van der Waals surface area (Å²) < 4.78 is 39.8. The van der Waals surface area contributed by atoms with Crippen LogP contribution in [0.2, 0.25) is 5.02 Å². The largest absolute Gasteiger partial charge is 0.392 e. The van der Waals surface area contributed by atoms with Crippen LogP contribution < -0.4 is 4.72 Å². The molecular weight excluding hydrogens is 269 g/mol. The molecule has 1 aliphatic rings. The normalized spacial score (nSPS) is 16.2. The molecule has 0 bridgehead atoms. The quantitative estimate of drug-likeness (QED) is 0.876. The summed E-state index contributed by atoms with van der Waals surface area (Å²) in [5.74, 6) is -0.954. The van der Waals surface area contributed by atoms with Crippen molar-refractivity contribution in [2.75, 3.05) is 0 Å². The molecule has 7 heteroatoms. The fourth-order valence-corrected chi connectivity index (χ4v) is 3.17. The minimum Gasteiger partial charge on any atom is -0.392 e. The third-order valence-electron chi connectivity index (χ3n) is 2.44. The van der Waals surface area contributed by atoms with Gasteiger partial charge in [-0.25, -0.2) is 17.5 Å². The predicted molar refractivity (Wildman–Crippen MR) is 60.7 cm³/mol. The smallest absolute Gasteiger partial charge is 0.243 e. The highest BCUT2D eigenvalue weighted by Crippen LogP contribution is 2.27. The van der Waals surface area contributed by atoms with E-state index in [-0.39, 0.29) is 16.6 Å². The van der Waals surface area contributed by atoms with E-state index in [4.69, 9.17) is 16.7 Å². The van der Waals surface area contributed by atoms with Crippen molar-refractivity contribution >= 4 is 21.6 Å². The summed E-state index contributed by atoms with van der Waals surface area (Å²) in [6.07, 6.45) is 1.52. The molecule has 1 saturated carbocycles. The van der Waals surface area contributed by atoms with Crippen molar-refractivity contribution in [3.8, 4) is 0 Å². The molecule has 0 saturated heterocycles. The van der Waals surface area contributed by atoms with Gasteiger partial charge >= 0.3 is 0 Å². The Bertz CT molecular complexity index is 543. The zero-order valence-corrected chi connectivity index (χ0v) is 10.4. The van der Waals surface area contributed by atoms with E-state index in [1.54, 1.807) is 0 Å². The van der Waals surface area contributed by atoms with Crippen LogP contribution in [0.25, 0.3) is 0 Å². The zero-order chi connectivity index (χ0) is 12.6. The average molecular weight is 280 g/mol. The molecular formula is C10H11ClFNO3S. The molecule has 1 aliphatic carbocycles. The van der Waals surface area contributed by atoms with Gasteiger partial charge in [-0.3, -0.25) is 0 Å². The lowest BCUT2D eigenvalue weighted by Gasteiger charge is -2.09. The molecule has 0 radical (unpaired) electrons. The lowest BCUT2D eigenvalue weighted by molar-refractivity contribution is 0.274. The van der Waals surface area contributed by atoms with Gasteiger partial charge in [-0.05, 0) is 25.0 Å². The number of rotatable bonds is 4. The molecule has 0 amide bonds. The van der Waals surface area contributed by atoms with Crippen LogP contribution in [0.5, 0.6) is 0 Å². The molecule has 1 aromatic carbocycles. The summed E-state index contributed by atoms with van der Waals surface area (Å²) in [6, 6.07) is 2.13. The molecule has 0 aliphatic heterocycles. The van der Waals surface area contributed by atoms with Gasteiger partial charge in [-0.1, -0.05) is 11.6 Å². The van der Waals surface area contributed by atoms with Crippen molar-refractivity contribution in [1.29, 1.82) is 0 Å². The maximum atomic E-state index is 13.8. The molecule has 17 heavy (non-hydrogen) atoms. The standard InChI is InChI=1S/C10H11ClFNO3S/c11-7-3-6(5-14)10(12)9(4-7)17(15,16)13-8-1-2-8/h3-4,8,13-14H,1-2,5H2. The van der Waals surface area contributed by atoms with Gasteiger partial charge in [0.25, 0.3) is 0 Å². The van der Waals surface area contributed by atoms with E-state index < -0.39 is 27.3 Å². The van der Waals surface area contributed by atoms with Gasteiger partial charge in [-0.15, -0.1) is 0 Å². The number of benzene rings is 1. The van der Waals surface area contributed by atoms with Crippen LogP contribution in [0, 0.1) is 5.82 Å². The summed E-state index contributed by atoms with van der Waals surface area (Å²) in [4.78, 5) is -0.513. The SMILES string of the molecule is O=S(=O)(NC1CC1)c1cc(Cl)cc(CO)c1F. The van der Waals surface area contributed by atoms with Crippen LogP contribution in [0.3, 0.4) is 0 Å². The molecule has 2 rings (SSSR count). The first kappa shape index (κ1) is 12.8. The van der Waals surface area contributed by atoms with Gasteiger partial charge in [-0.2, -0.15) is 0 Å². The second-order valence-electron chi connectivity index (χ2n) is 3.93. The monoisotopic (exact) mass is 279 g/mol. The van der Waals surface area contributed by atoms with E-state index in [2.05, 4.69) is 4.72 Å². The van der Waals surface area contributed by atoms with Crippen molar-refractivity contribution in [2.45, 2.75) is 30.4 Å². The van der Waals surface area contributed by atoms with E-state index in [0.717, 1.165) is 18.9 Å². The Kier molecular flexibility index (Phi) is 3.40. The summed E-state index contributed by atoms with van der Waals surface area (Å²) >= 11 is 5.69. The second-order valence-corrected chi connectivity index (χ2v) is 6.05. The highest BCUT2D eigenvalue weighted by Gasteiger charge is 2.30. The highest BCUT2D eigenvalue weighted by atomic mass is 35.5. The lowest BCUT2D eigenvalue weighted by Crippen LogP contribution is -2.27. The maximum absolute atomic E-state index is 13.8. The van der Waals surface area contributed by atoms with Gasteiger partial charge < -0.3 is 5.11 Å². The Hall–Kier alpha value is -0.690. The van der Waals surface area contributed by atoms with Gasteiger partial charge in [0.05, 0.1) is 6.61 Å². The van der Waals surface area contributed by atoms with Gasteiger partial charge in [0.1, 0.15) is 10.7 Å². The van der Waals surface area contributed by atoms with Crippen LogP contribution in [-0.2, 0) is 16.6 Å². The molecule has 2 N–H and O–H groups in total. The predicted octanol–water partition coefficient (Wildman–Crippen LogP) is 1.41. The first-order valence-corrected chi connectivity index (χ1v) is 6.91. The molecule has 1 fully saturated rings. The van der Waals surface area contributed by atoms with Gasteiger partial charge in [0.15, 0.2) is 0 Å². The van der Waals surface area contributed by atoms with E-state index in [0.29, 0.717) is 0 Å². The van der Waals surface area contributed by atoms with Gasteiger partial charge in [0, 0.05) is 16.6 Å². The van der Waals surface area contributed by atoms with E-state index in [1.165, 1.54) is 6.07 Å². The molecule has 0 atom stereocenters.